The zero-order valence-corrected chi connectivity index (χ0v) is 20.5. The van der Waals surface area contributed by atoms with E-state index in [1.54, 1.807) is 7.11 Å². The molecule has 0 saturated carbocycles. The Bertz CT molecular complexity index is 897. The zero-order valence-electron chi connectivity index (χ0n) is 20.5. The van der Waals surface area contributed by atoms with Gasteiger partial charge in [0, 0.05) is 38.7 Å². The lowest BCUT2D eigenvalue weighted by Gasteiger charge is -2.47. The molecule has 2 saturated heterocycles. The van der Waals surface area contributed by atoms with Gasteiger partial charge in [0.15, 0.2) is 5.82 Å². The van der Waals surface area contributed by atoms with Crippen LogP contribution in [0.15, 0.2) is 28.8 Å². The van der Waals surface area contributed by atoms with Gasteiger partial charge in [0.2, 0.25) is 12.3 Å². The molecular weight excluding hydrogens is 416 g/mol. The summed E-state index contributed by atoms with van der Waals surface area (Å²) >= 11 is 0. The summed E-state index contributed by atoms with van der Waals surface area (Å²) in [6, 6.07) is 9.76. The lowest BCUT2D eigenvalue weighted by atomic mass is 9.80. The largest absolute Gasteiger partial charge is 0.384 e. The molecule has 180 valence electrons. The lowest BCUT2D eigenvalue weighted by Crippen LogP contribution is -2.49. The Morgan fingerprint density at radius 2 is 1.85 bits per heavy atom. The quantitative estimate of drug-likeness (QED) is 0.587. The number of rotatable bonds is 7. The van der Waals surface area contributed by atoms with Crippen LogP contribution in [-0.2, 0) is 21.4 Å². The van der Waals surface area contributed by atoms with E-state index in [0.717, 1.165) is 57.6 Å². The molecule has 1 aromatic carbocycles. The second-order valence-corrected chi connectivity index (χ2v) is 10.5. The van der Waals surface area contributed by atoms with Crippen molar-refractivity contribution >= 4 is 6.41 Å². The molecular formula is C26H38N4O3. The fourth-order valence-corrected chi connectivity index (χ4v) is 5.33. The summed E-state index contributed by atoms with van der Waals surface area (Å²) in [5.41, 5.74) is 2.76. The van der Waals surface area contributed by atoms with Crippen molar-refractivity contribution in [3.63, 3.8) is 0 Å². The molecule has 1 amide bonds. The lowest BCUT2D eigenvalue weighted by molar-refractivity contribution is -0.119. The van der Waals surface area contributed by atoms with Gasteiger partial charge in [-0.25, -0.2) is 0 Å². The Kier molecular flexibility index (Phi) is 7.49. The molecule has 33 heavy (non-hydrogen) atoms. The van der Waals surface area contributed by atoms with Crippen molar-refractivity contribution in [3.8, 4) is 0 Å². The number of methoxy groups -OCH3 is 1. The number of amides is 1. The molecule has 2 aliphatic rings. The van der Waals surface area contributed by atoms with E-state index in [0.29, 0.717) is 24.9 Å². The van der Waals surface area contributed by atoms with Gasteiger partial charge in [-0.1, -0.05) is 50.2 Å². The number of benzene rings is 1. The summed E-state index contributed by atoms with van der Waals surface area (Å²) in [5.74, 6) is 1.61. The molecule has 4 rings (SSSR count). The van der Waals surface area contributed by atoms with Crippen LogP contribution in [0.2, 0.25) is 0 Å². The van der Waals surface area contributed by atoms with Crippen molar-refractivity contribution in [1.82, 2.24) is 19.9 Å². The SMILES string of the molecule is COCCc1noc(C2CCCN(C3CCN(C=O)CC3)C2c2ccc(C(C)(C)C)cc2)n1. The van der Waals surface area contributed by atoms with Gasteiger partial charge >= 0.3 is 0 Å². The van der Waals surface area contributed by atoms with Crippen molar-refractivity contribution in [2.24, 2.45) is 0 Å². The molecule has 0 aliphatic carbocycles. The molecule has 1 aromatic heterocycles. The number of likely N-dealkylation sites (tertiary alicyclic amines) is 2. The van der Waals surface area contributed by atoms with E-state index < -0.39 is 0 Å². The zero-order chi connectivity index (χ0) is 23.4. The maximum Gasteiger partial charge on any atom is 0.231 e. The Morgan fingerprint density at radius 1 is 1.12 bits per heavy atom. The maximum atomic E-state index is 11.2. The van der Waals surface area contributed by atoms with Crippen molar-refractivity contribution < 1.29 is 14.1 Å². The summed E-state index contributed by atoms with van der Waals surface area (Å²) in [7, 11) is 1.69. The van der Waals surface area contributed by atoms with Gasteiger partial charge in [0.1, 0.15) is 0 Å². The second kappa shape index (κ2) is 10.3. The van der Waals surface area contributed by atoms with Crippen LogP contribution in [0.1, 0.15) is 81.3 Å². The highest BCUT2D eigenvalue weighted by Crippen LogP contribution is 2.44. The van der Waals surface area contributed by atoms with Crippen LogP contribution in [0.25, 0.3) is 0 Å². The van der Waals surface area contributed by atoms with Crippen molar-refractivity contribution in [1.29, 1.82) is 0 Å². The van der Waals surface area contributed by atoms with E-state index in [9.17, 15) is 4.79 Å². The van der Waals surface area contributed by atoms with Gasteiger partial charge in [-0.2, -0.15) is 4.98 Å². The third kappa shape index (κ3) is 5.46. The van der Waals surface area contributed by atoms with Crippen LogP contribution in [0, 0.1) is 0 Å². The van der Waals surface area contributed by atoms with Crippen molar-refractivity contribution in [2.75, 3.05) is 33.4 Å². The standard InChI is InChI=1S/C26H38N4O3/c1-26(2,3)20-9-7-19(8-10-20)24-22(25-27-23(28-33-25)13-17-32-4)6-5-14-30(24)21-11-15-29(18-31)16-12-21/h7-10,18,21-22,24H,5-6,11-17H2,1-4H3. The molecule has 0 N–H and O–H groups in total. The number of hydrogen-bond acceptors (Lipinski definition) is 6. The van der Waals surface area contributed by atoms with E-state index in [4.69, 9.17) is 14.2 Å². The highest BCUT2D eigenvalue weighted by atomic mass is 16.5. The van der Waals surface area contributed by atoms with Gasteiger partial charge in [0.05, 0.1) is 12.5 Å². The molecule has 2 unspecified atom stereocenters. The van der Waals surface area contributed by atoms with Gasteiger partial charge in [0.25, 0.3) is 0 Å². The predicted octanol–water partition coefficient (Wildman–Crippen LogP) is 4.10. The van der Waals surface area contributed by atoms with Crippen molar-refractivity contribution in [3.05, 3.63) is 47.1 Å². The third-order valence-corrected chi connectivity index (χ3v) is 7.24. The van der Waals surface area contributed by atoms with E-state index >= 15 is 0 Å². The minimum atomic E-state index is 0.120. The number of aromatic nitrogens is 2. The molecule has 2 atom stereocenters. The van der Waals surface area contributed by atoms with E-state index in [2.05, 4.69) is 55.1 Å². The van der Waals surface area contributed by atoms with Gasteiger partial charge < -0.3 is 14.2 Å². The molecule has 0 bridgehead atoms. The molecule has 2 fully saturated rings. The molecule has 3 heterocycles. The van der Waals surface area contributed by atoms with Crippen LogP contribution in [0.5, 0.6) is 0 Å². The van der Waals surface area contributed by atoms with E-state index in [-0.39, 0.29) is 17.4 Å². The molecule has 2 aliphatic heterocycles. The highest BCUT2D eigenvalue weighted by molar-refractivity contribution is 5.47. The van der Waals surface area contributed by atoms with Crippen LogP contribution < -0.4 is 0 Å². The summed E-state index contributed by atoms with van der Waals surface area (Å²) in [6.45, 7) is 10.0. The fraction of sp³-hybridized carbons (Fsp3) is 0.654. The first-order chi connectivity index (χ1) is 15.9. The smallest absolute Gasteiger partial charge is 0.231 e. The Hall–Kier alpha value is -2.25. The monoisotopic (exact) mass is 454 g/mol. The number of hydrogen-bond donors (Lipinski definition) is 0. The first kappa shape index (κ1) is 23.9. The Morgan fingerprint density at radius 3 is 2.48 bits per heavy atom. The number of nitrogens with zero attached hydrogens (tertiary/aromatic N) is 4. The average molecular weight is 455 g/mol. The fourth-order valence-electron chi connectivity index (χ4n) is 5.33. The Balaban J connectivity index is 1.64. The van der Waals surface area contributed by atoms with Crippen LogP contribution >= 0.6 is 0 Å². The normalized spacial score (nSPS) is 23.1. The highest BCUT2D eigenvalue weighted by Gasteiger charge is 2.40. The second-order valence-electron chi connectivity index (χ2n) is 10.5. The molecule has 0 radical (unpaired) electrons. The number of ether oxygens (including phenoxy) is 1. The first-order valence-electron chi connectivity index (χ1n) is 12.3. The van der Waals surface area contributed by atoms with Gasteiger partial charge in [-0.05, 0) is 48.8 Å². The average Bonchev–Trinajstić information content (AvgIpc) is 3.31. The summed E-state index contributed by atoms with van der Waals surface area (Å²) < 4.78 is 11.0. The van der Waals surface area contributed by atoms with E-state index in [1.165, 1.54) is 11.1 Å². The Labute approximate surface area is 197 Å². The van der Waals surface area contributed by atoms with Crippen LogP contribution in [0.3, 0.4) is 0 Å². The number of carbonyl (C=O) groups excluding carboxylic acids is 1. The molecule has 7 heteroatoms. The van der Waals surface area contributed by atoms with Crippen LogP contribution in [0.4, 0.5) is 0 Å². The van der Waals surface area contributed by atoms with Gasteiger partial charge in [-0.3, -0.25) is 9.69 Å². The summed E-state index contributed by atoms with van der Waals surface area (Å²) in [4.78, 5) is 20.5. The minimum absolute atomic E-state index is 0.120. The van der Waals surface area contributed by atoms with E-state index in [1.807, 2.05) is 4.90 Å². The maximum absolute atomic E-state index is 11.2. The predicted molar refractivity (Wildman–Crippen MR) is 127 cm³/mol. The van der Waals surface area contributed by atoms with Crippen molar-refractivity contribution in [2.45, 2.75) is 76.3 Å². The van der Waals surface area contributed by atoms with Gasteiger partial charge in [-0.15, -0.1) is 0 Å². The number of piperidine rings is 2. The first-order valence-corrected chi connectivity index (χ1v) is 12.3. The topological polar surface area (TPSA) is 71.7 Å². The summed E-state index contributed by atoms with van der Waals surface area (Å²) in [6.07, 6.45) is 5.78. The third-order valence-electron chi connectivity index (χ3n) is 7.24. The molecule has 0 spiro atoms. The molecule has 7 nitrogen and oxygen atoms in total. The number of carbonyl (C=O) groups is 1. The minimum Gasteiger partial charge on any atom is -0.384 e. The van der Waals surface area contributed by atoms with Crippen LogP contribution in [-0.4, -0.2) is 65.7 Å². The summed E-state index contributed by atoms with van der Waals surface area (Å²) in [5, 5.41) is 4.23. The molecule has 2 aromatic rings.